The van der Waals surface area contributed by atoms with Gasteiger partial charge >= 0.3 is 6.03 Å². The predicted octanol–water partition coefficient (Wildman–Crippen LogP) is 2.71. The highest BCUT2D eigenvalue weighted by Crippen LogP contribution is 2.27. The molecule has 0 bridgehead atoms. The lowest BCUT2D eigenvalue weighted by atomic mass is 10.2. The molecule has 3 aromatic heterocycles. The molecule has 0 spiro atoms. The van der Waals surface area contributed by atoms with Crippen molar-refractivity contribution < 1.29 is 9.53 Å². The summed E-state index contributed by atoms with van der Waals surface area (Å²) in [4.78, 5) is 22.4. The average Bonchev–Trinajstić information content (AvgIpc) is 3.44. The fraction of sp³-hybridized carbons (Fsp3) is 0.333. The van der Waals surface area contributed by atoms with Gasteiger partial charge in [0.1, 0.15) is 5.82 Å². The van der Waals surface area contributed by atoms with E-state index >= 15 is 0 Å². The Balaban J connectivity index is 1.39. The maximum absolute atomic E-state index is 11.7. The maximum Gasteiger partial charge on any atom is 0.323 e. The molecule has 1 aliphatic rings. The van der Waals surface area contributed by atoms with Crippen LogP contribution in [-0.4, -0.2) is 52.1 Å². The fourth-order valence-corrected chi connectivity index (χ4v) is 3.57. The summed E-state index contributed by atoms with van der Waals surface area (Å²) in [5, 5.41) is 13.1. The van der Waals surface area contributed by atoms with E-state index in [4.69, 9.17) is 4.74 Å². The van der Waals surface area contributed by atoms with E-state index in [0.29, 0.717) is 38.7 Å². The van der Waals surface area contributed by atoms with Crippen LogP contribution in [0, 0.1) is 0 Å². The number of anilines is 3. The van der Waals surface area contributed by atoms with Gasteiger partial charge in [0.15, 0.2) is 5.13 Å². The molecular formula is C18H21N7O2S. The van der Waals surface area contributed by atoms with E-state index in [2.05, 4.69) is 25.7 Å². The van der Waals surface area contributed by atoms with E-state index in [9.17, 15) is 4.79 Å². The Hall–Kier alpha value is -2.98. The number of ether oxygens (including phenoxy) is 1. The SMILES string of the molecule is CCOCCn1cc(Nc2nc(-c3ccc(N4CCNC4=O)nc3)cs2)cn1. The predicted molar refractivity (Wildman–Crippen MR) is 108 cm³/mol. The normalized spacial score (nSPS) is 13.8. The number of carbonyl (C=O) groups excluding carboxylic acids is 1. The molecule has 0 unspecified atom stereocenters. The van der Waals surface area contributed by atoms with Crippen molar-refractivity contribution in [1.29, 1.82) is 0 Å². The molecule has 1 aliphatic heterocycles. The summed E-state index contributed by atoms with van der Waals surface area (Å²) < 4.78 is 7.18. The Morgan fingerprint density at radius 3 is 3.04 bits per heavy atom. The largest absolute Gasteiger partial charge is 0.380 e. The Morgan fingerprint density at radius 2 is 2.29 bits per heavy atom. The summed E-state index contributed by atoms with van der Waals surface area (Å²) in [6, 6.07) is 3.66. The van der Waals surface area contributed by atoms with Gasteiger partial charge in [0, 0.05) is 43.0 Å². The number of amides is 2. The third kappa shape index (κ3) is 4.12. The number of nitrogens with one attached hydrogen (secondary N) is 2. The van der Waals surface area contributed by atoms with Gasteiger partial charge in [0.05, 0.1) is 30.7 Å². The number of rotatable bonds is 8. The number of pyridine rings is 1. The second-order valence-corrected chi connectivity index (χ2v) is 7.00. The molecule has 3 aromatic rings. The van der Waals surface area contributed by atoms with Gasteiger partial charge in [-0.1, -0.05) is 0 Å². The van der Waals surface area contributed by atoms with Crippen molar-refractivity contribution >= 4 is 34.0 Å². The molecule has 0 aliphatic carbocycles. The molecule has 0 aromatic carbocycles. The van der Waals surface area contributed by atoms with Gasteiger partial charge in [-0.25, -0.2) is 14.8 Å². The zero-order valence-corrected chi connectivity index (χ0v) is 16.3. The van der Waals surface area contributed by atoms with Crippen LogP contribution in [0.3, 0.4) is 0 Å². The third-order valence-corrected chi connectivity index (χ3v) is 4.99. The molecule has 1 saturated heterocycles. The number of hydrogen-bond acceptors (Lipinski definition) is 7. The summed E-state index contributed by atoms with van der Waals surface area (Å²) >= 11 is 1.51. The van der Waals surface area contributed by atoms with Crippen LogP contribution in [0.1, 0.15) is 6.92 Å². The molecule has 9 nitrogen and oxygen atoms in total. The number of aromatic nitrogens is 4. The van der Waals surface area contributed by atoms with Crippen LogP contribution in [0.25, 0.3) is 11.3 Å². The molecule has 0 saturated carbocycles. The second-order valence-electron chi connectivity index (χ2n) is 6.14. The number of carbonyl (C=O) groups is 1. The molecule has 4 rings (SSSR count). The molecular weight excluding hydrogens is 378 g/mol. The summed E-state index contributed by atoms with van der Waals surface area (Å²) in [7, 11) is 0. The highest BCUT2D eigenvalue weighted by atomic mass is 32.1. The minimum absolute atomic E-state index is 0.109. The topological polar surface area (TPSA) is 97.2 Å². The molecule has 0 atom stereocenters. The van der Waals surface area contributed by atoms with Gasteiger partial charge in [-0.3, -0.25) is 9.58 Å². The number of thiazole rings is 1. The Bertz CT molecular complexity index is 938. The van der Waals surface area contributed by atoms with Gasteiger partial charge in [-0.05, 0) is 19.1 Å². The first-order valence-electron chi connectivity index (χ1n) is 9.07. The van der Waals surface area contributed by atoms with Crippen molar-refractivity contribution in [3.8, 4) is 11.3 Å². The zero-order valence-electron chi connectivity index (χ0n) is 15.5. The molecule has 10 heteroatoms. The van der Waals surface area contributed by atoms with Crippen molar-refractivity contribution in [3.05, 3.63) is 36.1 Å². The highest BCUT2D eigenvalue weighted by Gasteiger charge is 2.22. The molecule has 2 N–H and O–H groups in total. The van der Waals surface area contributed by atoms with Crippen molar-refractivity contribution in [1.82, 2.24) is 25.1 Å². The van der Waals surface area contributed by atoms with Crippen molar-refractivity contribution in [2.24, 2.45) is 0 Å². The minimum atomic E-state index is -0.109. The number of urea groups is 1. The highest BCUT2D eigenvalue weighted by molar-refractivity contribution is 7.14. The fourth-order valence-electron chi connectivity index (χ4n) is 2.83. The van der Waals surface area contributed by atoms with E-state index < -0.39 is 0 Å². The zero-order chi connectivity index (χ0) is 19.3. The summed E-state index contributed by atoms with van der Waals surface area (Å²) in [6.07, 6.45) is 5.44. The lowest BCUT2D eigenvalue weighted by Crippen LogP contribution is -2.28. The third-order valence-electron chi connectivity index (χ3n) is 4.23. The Morgan fingerprint density at radius 1 is 1.36 bits per heavy atom. The second kappa shape index (κ2) is 8.36. The van der Waals surface area contributed by atoms with Gasteiger partial charge in [-0.15, -0.1) is 11.3 Å². The van der Waals surface area contributed by atoms with Crippen LogP contribution < -0.4 is 15.5 Å². The van der Waals surface area contributed by atoms with E-state index in [1.54, 1.807) is 17.3 Å². The first-order valence-corrected chi connectivity index (χ1v) is 9.95. The van der Waals surface area contributed by atoms with Crippen LogP contribution in [0.5, 0.6) is 0 Å². The monoisotopic (exact) mass is 399 g/mol. The van der Waals surface area contributed by atoms with Gasteiger partial charge in [0.25, 0.3) is 0 Å². The molecule has 0 radical (unpaired) electrons. The average molecular weight is 399 g/mol. The van der Waals surface area contributed by atoms with Crippen molar-refractivity contribution in [2.45, 2.75) is 13.5 Å². The minimum Gasteiger partial charge on any atom is -0.380 e. The standard InChI is InChI=1S/C18H21N7O2S/c1-2-27-8-7-24-11-14(10-21-24)22-17-23-15(12-28-17)13-3-4-16(20-9-13)25-6-5-19-18(25)26/h3-4,9-12H,2,5-8H2,1H3,(H,19,26)(H,22,23). The summed E-state index contributed by atoms with van der Waals surface area (Å²) in [6.45, 7) is 5.31. The number of hydrogen-bond donors (Lipinski definition) is 2. The van der Waals surface area contributed by atoms with Crippen LogP contribution in [0.15, 0.2) is 36.1 Å². The quantitative estimate of drug-likeness (QED) is 0.565. The molecule has 1 fully saturated rings. The van der Waals surface area contributed by atoms with E-state index in [1.165, 1.54) is 11.3 Å². The Kier molecular flexibility index (Phi) is 5.49. The van der Waals surface area contributed by atoms with Gasteiger partial charge in [-0.2, -0.15) is 5.10 Å². The molecule has 146 valence electrons. The van der Waals surface area contributed by atoms with Crippen molar-refractivity contribution in [2.75, 3.05) is 36.5 Å². The summed E-state index contributed by atoms with van der Waals surface area (Å²) in [5.74, 6) is 0.645. The van der Waals surface area contributed by atoms with E-state index in [-0.39, 0.29) is 6.03 Å². The van der Waals surface area contributed by atoms with Gasteiger partial charge in [0.2, 0.25) is 0 Å². The van der Waals surface area contributed by atoms with Crippen molar-refractivity contribution in [3.63, 3.8) is 0 Å². The Labute approximate surface area is 166 Å². The number of nitrogens with zero attached hydrogens (tertiary/aromatic N) is 5. The lowest BCUT2D eigenvalue weighted by molar-refractivity contribution is 0.136. The maximum atomic E-state index is 11.7. The molecule has 28 heavy (non-hydrogen) atoms. The van der Waals surface area contributed by atoms with Gasteiger partial charge < -0.3 is 15.4 Å². The molecule has 2 amide bonds. The molecule has 4 heterocycles. The van der Waals surface area contributed by atoms with Crippen LogP contribution in [0.4, 0.5) is 21.4 Å². The van der Waals surface area contributed by atoms with E-state index in [0.717, 1.165) is 22.1 Å². The smallest absolute Gasteiger partial charge is 0.323 e. The van der Waals surface area contributed by atoms with Crippen LogP contribution in [0.2, 0.25) is 0 Å². The summed E-state index contributed by atoms with van der Waals surface area (Å²) in [5.41, 5.74) is 2.62. The lowest BCUT2D eigenvalue weighted by Gasteiger charge is -2.12. The van der Waals surface area contributed by atoms with E-state index in [1.807, 2.05) is 35.3 Å². The van der Waals surface area contributed by atoms with Crippen LogP contribution in [-0.2, 0) is 11.3 Å². The first-order chi connectivity index (χ1) is 13.7. The van der Waals surface area contributed by atoms with Crippen LogP contribution >= 0.6 is 11.3 Å². The first kappa shape index (κ1) is 18.4.